The Labute approximate surface area is 496 Å². The lowest BCUT2D eigenvalue weighted by molar-refractivity contribution is -0.143. The third-order valence-electron chi connectivity index (χ3n) is 17.7. The van der Waals surface area contributed by atoms with Gasteiger partial charge in [-0.15, -0.1) is 0 Å². The molecule has 0 rings (SSSR count). The van der Waals surface area contributed by atoms with Crippen molar-refractivity contribution < 1.29 is 24.5 Å². The number of rotatable bonds is 70. The fraction of sp³-hybridized carbons (Fsp3) is 0.973. The number of amides is 1. The van der Waals surface area contributed by atoms with Crippen LogP contribution in [0.1, 0.15) is 431 Å². The first-order chi connectivity index (χ1) is 39.0. The van der Waals surface area contributed by atoms with E-state index in [1.165, 1.54) is 360 Å². The first-order valence-corrected chi connectivity index (χ1v) is 36.8. The maximum atomic E-state index is 12.6. The molecule has 6 heteroatoms. The van der Waals surface area contributed by atoms with E-state index in [0.29, 0.717) is 25.9 Å². The number of unbranched alkanes of at least 4 members (excludes halogenated alkanes) is 59. The summed E-state index contributed by atoms with van der Waals surface area (Å²) in [5.74, 6) is -0.00690. The third kappa shape index (κ3) is 65.9. The molecule has 3 N–H and O–H groups in total. The molecule has 2 unspecified atom stereocenters. The topological polar surface area (TPSA) is 95.9 Å². The maximum absolute atomic E-state index is 12.6. The van der Waals surface area contributed by atoms with E-state index in [2.05, 4.69) is 19.2 Å². The molecule has 2 atom stereocenters. The summed E-state index contributed by atoms with van der Waals surface area (Å²) in [5, 5.41) is 23.5. The lowest BCUT2D eigenvalue weighted by Gasteiger charge is -2.22. The smallest absolute Gasteiger partial charge is 0.305 e. The second-order valence-electron chi connectivity index (χ2n) is 25.6. The van der Waals surface area contributed by atoms with Crippen LogP contribution in [-0.4, -0.2) is 47.4 Å². The molecule has 0 aromatic rings. The van der Waals surface area contributed by atoms with E-state index >= 15 is 0 Å². The van der Waals surface area contributed by atoms with Crippen LogP contribution in [0.4, 0.5) is 0 Å². The highest BCUT2D eigenvalue weighted by atomic mass is 16.5. The number of nitrogens with one attached hydrogen (secondary N) is 1. The molecule has 0 heterocycles. The van der Waals surface area contributed by atoms with E-state index in [-0.39, 0.29) is 18.5 Å². The molecule has 0 aromatic heterocycles. The van der Waals surface area contributed by atoms with Crippen LogP contribution in [0.2, 0.25) is 0 Å². The minimum atomic E-state index is -0.663. The van der Waals surface area contributed by atoms with E-state index in [1.807, 2.05) is 0 Å². The maximum Gasteiger partial charge on any atom is 0.305 e. The van der Waals surface area contributed by atoms with Gasteiger partial charge < -0.3 is 20.3 Å². The van der Waals surface area contributed by atoms with Crippen molar-refractivity contribution in [2.24, 2.45) is 0 Å². The van der Waals surface area contributed by atoms with Crippen molar-refractivity contribution >= 4 is 11.9 Å². The average molecular weight is 1120 g/mol. The molecule has 0 spiro atoms. The van der Waals surface area contributed by atoms with Crippen molar-refractivity contribution in [2.45, 2.75) is 443 Å². The minimum Gasteiger partial charge on any atom is -0.466 e. The van der Waals surface area contributed by atoms with Crippen LogP contribution < -0.4 is 5.32 Å². The van der Waals surface area contributed by atoms with Crippen molar-refractivity contribution in [1.82, 2.24) is 5.32 Å². The number of aliphatic hydroxyl groups excluding tert-OH is 2. The van der Waals surface area contributed by atoms with Crippen molar-refractivity contribution in [2.75, 3.05) is 13.2 Å². The largest absolute Gasteiger partial charge is 0.466 e. The van der Waals surface area contributed by atoms with E-state index in [4.69, 9.17) is 4.74 Å². The number of ether oxygens (including phenoxy) is 1. The number of carbonyl (C=O) groups excluding carboxylic acids is 2. The predicted octanol–water partition coefficient (Wildman–Crippen LogP) is 23.8. The number of hydrogen-bond acceptors (Lipinski definition) is 5. The van der Waals surface area contributed by atoms with Crippen molar-refractivity contribution in [1.29, 1.82) is 0 Å². The Hall–Kier alpha value is -1.14. The normalized spacial score (nSPS) is 12.4. The van der Waals surface area contributed by atoms with Crippen LogP contribution in [0.5, 0.6) is 0 Å². The average Bonchev–Trinajstić information content (AvgIpc) is 3.45. The molecule has 0 fully saturated rings. The second kappa shape index (κ2) is 69.4. The standard InChI is InChI=1S/C73H145NO5/c1-3-5-7-9-11-13-15-16-17-18-19-20-21-27-30-33-36-39-42-46-49-53-57-61-65-71(76)70(69-75)74-72(77)66-62-58-54-50-47-43-40-37-34-31-28-25-23-22-24-26-29-32-35-38-41-44-48-52-56-60-64-68-79-73(78)67-63-59-55-51-45-14-12-10-8-6-4-2/h70-71,75-76H,3-69H2,1-2H3,(H,74,77). The Kier molecular flexibility index (Phi) is 68.4. The van der Waals surface area contributed by atoms with Crippen LogP contribution in [-0.2, 0) is 14.3 Å². The molecule has 0 radical (unpaired) electrons. The van der Waals surface area contributed by atoms with Crippen molar-refractivity contribution in [3.8, 4) is 0 Å². The monoisotopic (exact) mass is 1120 g/mol. The third-order valence-corrected chi connectivity index (χ3v) is 17.7. The van der Waals surface area contributed by atoms with Gasteiger partial charge in [0.1, 0.15) is 0 Å². The molecule has 0 saturated heterocycles. The van der Waals surface area contributed by atoms with Gasteiger partial charge in [0, 0.05) is 12.8 Å². The SMILES string of the molecule is CCCCCCCCCCCCCCCCCCCCCCCCCCC(O)C(CO)NC(=O)CCCCCCCCCCCCCCCCCCCCCCCCCCCCCOC(=O)CCCCCCCCCCCCC. The number of aliphatic hydroxyl groups is 2. The minimum absolute atomic E-state index is 0.0192. The highest BCUT2D eigenvalue weighted by Gasteiger charge is 2.20. The first-order valence-electron chi connectivity index (χ1n) is 36.8. The van der Waals surface area contributed by atoms with Gasteiger partial charge in [-0.2, -0.15) is 0 Å². The molecule has 6 nitrogen and oxygen atoms in total. The molecule has 79 heavy (non-hydrogen) atoms. The Morgan fingerprint density at radius 1 is 0.304 bits per heavy atom. The Morgan fingerprint density at radius 3 is 0.772 bits per heavy atom. The number of esters is 1. The van der Waals surface area contributed by atoms with E-state index < -0.39 is 12.1 Å². The number of hydrogen-bond donors (Lipinski definition) is 3. The molecular weight excluding hydrogens is 971 g/mol. The van der Waals surface area contributed by atoms with Crippen LogP contribution in [0.15, 0.2) is 0 Å². The molecule has 472 valence electrons. The summed E-state index contributed by atoms with van der Waals surface area (Å²) in [6.45, 7) is 5.00. The van der Waals surface area contributed by atoms with Crippen LogP contribution in [0.3, 0.4) is 0 Å². The molecule has 0 aliphatic carbocycles. The van der Waals surface area contributed by atoms with Gasteiger partial charge in [0.2, 0.25) is 5.91 Å². The van der Waals surface area contributed by atoms with Gasteiger partial charge >= 0.3 is 5.97 Å². The summed E-state index contributed by atoms with van der Waals surface area (Å²) >= 11 is 0. The fourth-order valence-electron chi connectivity index (χ4n) is 12.1. The van der Waals surface area contributed by atoms with Crippen LogP contribution >= 0.6 is 0 Å². The van der Waals surface area contributed by atoms with Crippen molar-refractivity contribution in [3.05, 3.63) is 0 Å². The summed E-state index contributed by atoms with van der Waals surface area (Å²) in [6, 6.07) is -0.539. The zero-order chi connectivity index (χ0) is 57.1. The quantitative estimate of drug-likeness (QED) is 0.0417. The molecule has 0 aliphatic heterocycles. The fourth-order valence-corrected chi connectivity index (χ4v) is 12.1. The Balaban J connectivity index is 3.35. The van der Waals surface area contributed by atoms with Crippen LogP contribution in [0.25, 0.3) is 0 Å². The predicted molar refractivity (Wildman–Crippen MR) is 347 cm³/mol. The van der Waals surface area contributed by atoms with Gasteiger partial charge in [-0.05, 0) is 25.7 Å². The summed E-state index contributed by atoms with van der Waals surface area (Å²) < 4.78 is 5.48. The van der Waals surface area contributed by atoms with Gasteiger partial charge in [0.25, 0.3) is 0 Å². The van der Waals surface area contributed by atoms with E-state index in [0.717, 1.165) is 38.5 Å². The van der Waals surface area contributed by atoms with Gasteiger partial charge in [-0.3, -0.25) is 9.59 Å². The van der Waals surface area contributed by atoms with E-state index in [9.17, 15) is 19.8 Å². The molecule has 0 saturated carbocycles. The molecule has 1 amide bonds. The molecule has 0 aromatic carbocycles. The Bertz CT molecular complexity index is 1150. The van der Waals surface area contributed by atoms with Crippen molar-refractivity contribution in [3.63, 3.8) is 0 Å². The Morgan fingerprint density at radius 2 is 0.519 bits per heavy atom. The van der Waals surface area contributed by atoms with Crippen LogP contribution in [0, 0.1) is 0 Å². The van der Waals surface area contributed by atoms with Gasteiger partial charge in [-0.1, -0.05) is 393 Å². The van der Waals surface area contributed by atoms with Gasteiger partial charge in [-0.25, -0.2) is 0 Å². The van der Waals surface area contributed by atoms with Gasteiger partial charge in [0.05, 0.1) is 25.4 Å². The summed E-state index contributed by atoms with van der Waals surface area (Å²) in [5.41, 5.74) is 0. The summed E-state index contributed by atoms with van der Waals surface area (Å²) in [6.07, 6.45) is 84.5. The molecular formula is C73H145NO5. The first kappa shape index (κ1) is 77.9. The zero-order valence-electron chi connectivity index (χ0n) is 54.2. The second-order valence-corrected chi connectivity index (χ2v) is 25.6. The number of carbonyl (C=O) groups is 2. The molecule has 0 bridgehead atoms. The lowest BCUT2D eigenvalue weighted by atomic mass is 10.0. The van der Waals surface area contributed by atoms with Gasteiger partial charge in [0.15, 0.2) is 0 Å². The summed E-state index contributed by atoms with van der Waals surface area (Å²) in [4.78, 5) is 24.6. The highest BCUT2D eigenvalue weighted by Crippen LogP contribution is 2.20. The molecule has 0 aliphatic rings. The zero-order valence-corrected chi connectivity index (χ0v) is 54.2. The van der Waals surface area contributed by atoms with E-state index in [1.54, 1.807) is 0 Å². The lowest BCUT2D eigenvalue weighted by Crippen LogP contribution is -2.45. The highest BCUT2D eigenvalue weighted by molar-refractivity contribution is 5.76. The summed E-state index contributed by atoms with van der Waals surface area (Å²) in [7, 11) is 0.